The average Bonchev–Trinajstić information content (AvgIpc) is 3.10. The van der Waals surface area contributed by atoms with Crippen LogP contribution in [0.4, 0.5) is 10.1 Å². The maximum absolute atomic E-state index is 12.9. The van der Waals surface area contributed by atoms with Gasteiger partial charge in [0.05, 0.1) is 19.1 Å². The lowest BCUT2D eigenvalue weighted by Gasteiger charge is -2.05. The number of anilines is 1. The van der Waals surface area contributed by atoms with Gasteiger partial charge in [-0.05, 0) is 48.5 Å². The van der Waals surface area contributed by atoms with Crippen molar-refractivity contribution in [2.24, 2.45) is 0 Å². The van der Waals surface area contributed by atoms with E-state index in [2.05, 4.69) is 10.3 Å². The molecule has 0 spiro atoms. The molecule has 1 amide bonds. The fourth-order valence-corrected chi connectivity index (χ4v) is 2.67. The number of ether oxygens (including phenoxy) is 1. The molecule has 0 radical (unpaired) electrons. The minimum absolute atomic E-state index is 0.162. The molecule has 5 nitrogen and oxygen atoms in total. The Morgan fingerprint density at radius 3 is 2.60 bits per heavy atom. The molecule has 1 N–H and O–H groups in total. The SMILES string of the molecule is COc1ccc(NC(=O)CSc2ncc(-c3ccc(F)cc3)o2)cc1. The first-order valence-corrected chi connectivity index (χ1v) is 8.41. The van der Waals surface area contributed by atoms with E-state index in [-0.39, 0.29) is 17.5 Å². The average molecular weight is 358 g/mol. The van der Waals surface area contributed by atoms with Crippen molar-refractivity contribution in [2.45, 2.75) is 5.22 Å². The summed E-state index contributed by atoms with van der Waals surface area (Å²) >= 11 is 1.19. The number of amides is 1. The molecule has 7 heteroatoms. The number of carbonyl (C=O) groups excluding carboxylic acids is 1. The monoisotopic (exact) mass is 358 g/mol. The van der Waals surface area contributed by atoms with E-state index in [4.69, 9.17) is 9.15 Å². The van der Waals surface area contributed by atoms with E-state index < -0.39 is 0 Å². The number of halogens is 1. The number of aromatic nitrogens is 1. The molecule has 1 aromatic heterocycles. The predicted molar refractivity (Wildman–Crippen MR) is 94.2 cm³/mol. The lowest BCUT2D eigenvalue weighted by Crippen LogP contribution is -2.13. The van der Waals surface area contributed by atoms with Crippen LogP contribution in [0.3, 0.4) is 0 Å². The van der Waals surface area contributed by atoms with Crippen LogP contribution in [0.1, 0.15) is 0 Å². The quantitative estimate of drug-likeness (QED) is 0.669. The molecule has 1 heterocycles. The van der Waals surface area contributed by atoms with Crippen LogP contribution >= 0.6 is 11.8 Å². The highest BCUT2D eigenvalue weighted by Gasteiger charge is 2.10. The van der Waals surface area contributed by atoms with Crippen molar-refractivity contribution in [3.05, 3.63) is 60.5 Å². The number of rotatable bonds is 6. The zero-order chi connectivity index (χ0) is 17.6. The van der Waals surface area contributed by atoms with Crippen LogP contribution in [-0.4, -0.2) is 23.8 Å². The van der Waals surface area contributed by atoms with Gasteiger partial charge in [0.25, 0.3) is 5.22 Å². The number of hydrogen-bond donors (Lipinski definition) is 1. The smallest absolute Gasteiger partial charge is 0.256 e. The topological polar surface area (TPSA) is 64.4 Å². The first-order valence-electron chi connectivity index (χ1n) is 7.42. The van der Waals surface area contributed by atoms with Crippen LogP contribution in [0.5, 0.6) is 5.75 Å². The lowest BCUT2D eigenvalue weighted by molar-refractivity contribution is -0.113. The Morgan fingerprint density at radius 1 is 1.20 bits per heavy atom. The summed E-state index contributed by atoms with van der Waals surface area (Å²) in [4.78, 5) is 16.1. The van der Waals surface area contributed by atoms with Gasteiger partial charge in [0.1, 0.15) is 11.6 Å². The molecule has 0 bridgehead atoms. The Bertz CT molecular complexity index is 848. The highest BCUT2D eigenvalue weighted by molar-refractivity contribution is 7.99. The van der Waals surface area contributed by atoms with Gasteiger partial charge in [-0.3, -0.25) is 4.79 Å². The second-order valence-electron chi connectivity index (χ2n) is 5.06. The van der Waals surface area contributed by atoms with Crippen LogP contribution in [0.2, 0.25) is 0 Å². The third-order valence-electron chi connectivity index (χ3n) is 3.31. The summed E-state index contributed by atoms with van der Waals surface area (Å²) in [6.07, 6.45) is 1.55. The zero-order valence-electron chi connectivity index (χ0n) is 13.4. The highest BCUT2D eigenvalue weighted by atomic mass is 32.2. The Balaban J connectivity index is 1.54. The van der Waals surface area contributed by atoms with Crippen molar-refractivity contribution in [3.8, 4) is 17.1 Å². The normalized spacial score (nSPS) is 10.5. The molecule has 0 aliphatic heterocycles. The molecular formula is C18H15FN2O3S. The molecule has 3 aromatic rings. The lowest BCUT2D eigenvalue weighted by atomic mass is 10.2. The van der Waals surface area contributed by atoms with Crippen molar-refractivity contribution in [3.63, 3.8) is 0 Å². The van der Waals surface area contributed by atoms with Gasteiger partial charge < -0.3 is 14.5 Å². The van der Waals surface area contributed by atoms with Crippen LogP contribution in [0.25, 0.3) is 11.3 Å². The summed E-state index contributed by atoms with van der Waals surface area (Å²) in [6, 6.07) is 13.0. The van der Waals surface area contributed by atoms with E-state index in [1.807, 2.05) is 0 Å². The first kappa shape index (κ1) is 17.0. The summed E-state index contributed by atoms with van der Waals surface area (Å²) in [6.45, 7) is 0. The Labute approximate surface area is 148 Å². The number of oxazole rings is 1. The van der Waals surface area contributed by atoms with Gasteiger partial charge in [-0.25, -0.2) is 9.37 Å². The summed E-state index contributed by atoms with van der Waals surface area (Å²) in [5, 5.41) is 3.16. The second-order valence-corrected chi connectivity index (χ2v) is 5.99. The fraction of sp³-hybridized carbons (Fsp3) is 0.111. The zero-order valence-corrected chi connectivity index (χ0v) is 14.2. The fourth-order valence-electron chi connectivity index (χ4n) is 2.07. The van der Waals surface area contributed by atoms with E-state index in [1.54, 1.807) is 49.7 Å². The summed E-state index contributed by atoms with van der Waals surface area (Å²) in [5.41, 5.74) is 1.41. The number of nitrogens with zero attached hydrogens (tertiary/aromatic N) is 1. The van der Waals surface area contributed by atoms with E-state index in [1.165, 1.54) is 23.9 Å². The molecule has 25 heavy (non-hydrogen) atoms. The minimum atomic E-state index is -0.312. The number of nitrogens with one attached hydrogen (secondary N) is 1. The second kappa shape index (κ2) is 7.85. The Kier molecular flexibility index (Phi) is 5.35. The van der Waals surface area contributed by atoms with Crippen molar-refractivity contribution < 1.29 is 18.3 Å². The van der Waals surface area contributed by atoms with Crippen molar-refractivity contribution in [1.82, 2.24) is 4.98 Å². The van der Waals surface area contributed by atoms with Crippen LogP contribution in [0, 0.1) is 5.82 Å². The molecule has 0 aliphatic carbocycles. The third kappa shape index (κ3) is 4.60. The molecule has 0 saturated heterocycles. The Morgan fingerprint density at radius 2 is 1.92 bits per heavy atom. The number of hydrogen-bond acceptors (Lipinski definition) is 5. The maximum atomic E-state index is 12.9. The molecule has 0 unspecified atom stereocenters. The van der Waals surface area contributed by atoms with E-state index >= 15 is 0 Å². The van der Waals surface area contributed by atoms with Crippen molar-refractivity contribution >= 4 is 23.4 Å². The van der Waals surface area contributed by atoms with Gasteiger partial charge in [0.2, 0.25) is 5.91 Å². The van der Waals surface area contributed by atoms with Crippen molar-refractivity contribution in [2.75, 3.05) is 18.2 Å². The Hall–Kier alpha value is -2.80. The largest absolute Gasteiger partial charge is 0.497 e. The van der Waals surface area contributed by atoms with Gasteiger partial charge in [0, 0.05) is 11.3 Å². The molecule has 0 fully saturated rings. The highest BCUT2D eigenvalue weighted by Crippen LogP contribution is 2.25. The molecular weight excluding hydrogens is 343 g/mol. The van der Waals surface area contributed by atoms with Crippen molar-refractivity contribution in [1.29, 1.82) is 0 Å². The number of methoxy groups -OCH3 is 1. The predicted octanol–water partition coefficient (Wildman–Crippen LogP) is 4.22. The van der Waals surface area contributed by atoms with E-state index in [9.17, 15) is 9.18 Å². The van der Waals surface area contributed by atoms with Gasteiger partial charge >= 0.3 is 0 Å². The third-order valence-corrected chi connectivity index (χ3v) is 4.16. The molecule has 0 saturated carbocycles. The van der Waals surface area contributed by atoms with Crippen LogP contribution < -0.4 is 10.1 Å². The summed E-state index contributed by atoms with van der Waals surface area (Å²) in [7, 11) is 1.58. The molecule has 0 atom stereocenters. The first-order chi connectivity index (χ1) is 12.1. The van der Waals surface area contributed by atoms with Gasteiger partial charge in [0.15, 0.2) is 5.76 Å². The van der Waals surface area contributed by atoms with Crippen LogP contribution in [-0.2, 0) is 4.79 Å². The molecule has 2 aromatic carbocycles. The summed E-state index contributed by atoms with van der Waals surface area (Å²) < 4.78 is 23.6. The van der Waals surface area contributed by atoms with Crippen LogP contribution in [0.15, 0.2) is 64.4 Å². The van der Waals surface area contributed by atoms with E-state index in [0.29, 0.717) is 16.7 Å². The number of benzene rings is 2. The standard InChI is InChI=1S/C18H15FN2O3S/c1-23-15-8-6-14(7-9-15)21-17(22)11-25-18-20-10-16(24-18)12-2-4-13(19)5-3-12/h2-10H,11H2,1H3,(H,21,22). The molecule has 3 rings (SSSR count). The summed E-state index contributed by atoms with van der Waals surface area (Å²) in [5.74, 6) is 0.929. The van der Waals surface area contributed by atoms with E-state index in [0.717, 1.165) is 11.3 Å². The molecule has 0 aliphatic rings. The van der Waals surface area contributed by atoms with Gasteiger partial charge in [-0.2, -0.15) is 0 Å². The number of thioether (sulfide) groups is 1. The molecule has 128 valence electrons. The van der Waals surface area contributed by atoms with Gasteiger partial charge in [-0.1, -0.05) is 11.8 Å². The van der Waals surface area contributed by atoms with Gasteiger partial charge in [-0.15, -0.1) is 0 Å². The maximum Gasteiger partial charge on any atom is 0.256 e. The minimum Gasteiger partial charge on any atom is -0.497 e. The number of carbonyl (C=O) groups is 1.